The van der Waals surface area contributed by atoms with Gasteiger partial charge in [-0.15, -0.1) is 0 Å². The lowest BCUT2D eigenvalue weighted by molar-refractivity contribution is 0.0847. The van der Waals surface area contributed by atoms with Gasteiger partial charge in [0.25, 0.3) is 0 Å². The summed E-state index contributed by atoms with van der Waals surface area (Å²) in [4.78, 5) is 4.81. The van der Waals surface area contributed by atoms with E-state index in [1.54, 1.807) is 0 Å². The molecule has 0 amide bonds. The van der Waals surface area contributed by atoms with Gasteiger partial charge in [-0.05, 0) is 80.6 Å². The van der Waals surface area contributed by atoms with Crippen molar-refractivity contribution in [3.05, 3.63) is 139 Å². The van der Waals surface area contributed by atoms with Crippen LogP contribution < -0.4 is 4.74 Å². The van der Waals surface area contributed by atoms with Crippen molar-refractivity contribution in [2.75, 3.05) is 0 Å². The molecule has 0 N–H and O–H groups in total. The molecule has 0 saturated carbocycles. The van der Waals surface area contributed by atoms with E-state index in [1.807, 2.05) is 12.1 Å². The van der Waals surface area contributed by atoms with Crippen LogP contribution in [0.25, 0.3) is 71.7 Å². The molecule has 10 rings (SSSR count). The molecule has 5 nitrogen and oxygen atoms in total. The zero-order valence-corrected chi connectivity index (χ0v) is 24.9. The number of imidazole rings is 1. The third-order valence-electron chi connectivity index (χ3n) is 9.48. The van der Waals surface area contributed by atoms with Crippen molar-refractivity contribution >= 4 is 54.6 Å². The number of nitrogens with zero attached hydrogens (tertiary/aromatic N) is 4. The smallest absolute Gasteiger partial charge is 0.303 e. The molecule has 4 heterocycles. The van der Waals surface area contributed by atoms with Crippen LogP contribution in [-0.2, 0) is 5.60 Å². The predicted octanol–water partition coefficient (Wildman–Crippen LogP) is 9.85. The lowest BCUT2D eigenvalue weighted by Crippen LogP contribution is -2.32. The lowest BCUT2D eigenvalue weighted by atomic mass is 9.94. The van der Waals surface area contributed by atoms with Gasteiger partial charge in [0.2, 0.25) is 0 Å². The van der Waals surface area contributed by atoms with Crippen molar-refractivity contribution in [2.24, 2.45) is 0 Å². The normalized spacial score (nSPS) is 13.9. The van der Waals surface area contributed by atoms with E-state index in [0.29, 0.717) is 6.01 Å². The Labute approximate surface area is 259 Å². The number of aromatic nitrogens is 4. The van der Waals surface area contributed by atoms with Crippen LogP contribution in [0.2, 0.25) is 0 Å². The quantitative estimate of drug-likeness (QED) is 0.204. The summed E-state index contributed by atoms with van der Waals surface area (Å²) in [5.74, 6) is 0. The van der Waals surface area contributed by atoms with Crippen molar-refractivity contribution < 1.29 is 4.74 Å². The molecule has 0 unspecified atom stereocenters. The van der Waals surface area contributed by atoms with Gasteiger partial charge in [0.15, 0.2) is 0 Å². The molecule has 5 heteroatoms. The van der Waals surface area contributed by atoms with Gasteiger partial charge >= 0.3 is 6.01 Å². The molecule has 0 saturated heterocycles. The van der Waals surface area contributed by atoms with Crippen LogP contribution in [0.15, 0.2) is 133 Å². The second-order valence-electron chi connectivity index (χ2n) is 12.5. The minimum absolute atomic E-state index is 0.558. The fourth-order valence-electron chi connectivity index (χ4n) is 7.49. The Hall–Kier alpha value is -5.81. The van der Waals surface area contributed by atoms with Gasteiger partial charge in [-0.3, -0.25) is 4.57 Å². The summed E-state index contributed by atoms with van der Waals surface area (Å²) in [6.07, 6.45) is 0. The summed E-state index contributed by atoms with van der Waals surface area (Å²) in [6.45, 7) is 4.26. The molecule has 0 fully saturated rings. The number of benzene rings is 6. The molecular formula is C40H28N4O. The van der Waals surface area contributed by atoms with Gasteiger partial charge in [0.1, 0.15) is 5.60 Å². The summed E-state index contributed by atoms with van der Waals surface area (Å²) in [6, 6.07) is 48.5. The van der Waals surface area contributed by atoms with Gasteiger partial charge in [0, 0.05) is 38.5 Å². The number of para-hydroxylation sites is 5. The lowest BCUT2D eigenvalue weighted by Gasteiger charge is -2.34. The third-order valence-corrected chi connectivity index (χ3v) is 9.48. The van der Waals surface area contributed by atoms with Crippen molar-refractivity contribution in [2.45, 2.75) is 19.4 Å². The van der Waals surface area contributed by atoms with Crippen molar-refractivity contribution in [1.29, 1.82) is 0 Å². The van der Waals surface area contributed by atoms with Crippen molar-refractivity contribution in [3.63, 3.8) is 0 Å². The zero-order chi connectivity index (χ0) is 29.9. The Morgan fingerprint density at radius 2 is 1.07 bits per heavy atom. The summed E-state index contributed by atoms with van der Waals surface area (Å²) in [5, 5.41) is 4.95. The average molecular weight is 581 g/mol. The minimum atomic E-state index is -0.558. The molecule has 45 heavy (non-hydrogen) atoms. The molecule has 3 aromatic heterocycles. The Bertz CT molecular complexity index is 2650. The molecular weight excluding hydrogens is 552 g/mol. The van der Waals surface area contributed by atoms with E-state index in [4.69, 9.17) is 9.72 Å². The number of fused-ring (bicyclic) bond motifs is 11. The molecule has 1 aliphatic heterocycles. The highest BCUT2D eigenvalue weighted by Gasteiger charge is 2.35. The molecule has 1 aliphatic rings. The van der Waals surface area contributed by atoms with Crippen molar-refractivity contribution in [1.82, 2.24) is 18.7 Å². The maximum atomic E-state index is 6.57. The Balaban J connectivity index is 1.28. The summed E-state index contributed by atoms with van der Waals surface area (Å²) in [5.41, 5.74) is 10.7. The van der Waals surface area contributed by atoms with Crippen molar-refractivity contribution in [3.8, 4) is 23.1 Å². The highest BCUT2D eigenvalue weighted by Crippen LogP contribution is 2.44. The Morgan fingerprint density at radius 1 is 0.489 bits per heavy atom. The first-order valence-electron chi connectivity index (χ1n) is 15.4. The molecule has 9 aromatic rings. The fraction of sp³-hybridized carbons (Fsp3) is 0.0750. The number of ether oxygens (including phenoxy) is 1. The monoisotopic (exact) mass is 580 g/mol. The number of hydrogen-bond acceptors (Lipinski definition) is 2. The van der Waals surface area contributed by atoms with E-state index in [0.717, 1.165) is 33.7 Å². The molecule has 0 atom stereocenters. The molecule has 0 radical (unpaired) electrons. The van der Waals surface area contributed by atoms with Gasteiger partial charge in [-0.1, -0.05) is 66.7 Å². The van der Waals surface area contributed by atoms with Crippen LogP contribution in [0, 0.1) is 0 Å². The average Bonchev–Trinajstić information content (AvgIpc) is 3.71. The van der Waals surface area contributed by atoms with Crippen LogP contribution in [0.5, 0.6) is 6.01 Å². The second kappa shape index (κ2) is 8.64. The topological polar surface area (TPSA) is 36.9 Å². The SMILES string of the molecule is CC1(C)Oc2nc3ccccc3n2-c2ccc(-n3c4ccccc4c4cc5c(cc43)c3ccccc3n5-c3ccccc3)cc21. The van der Waals surface area contributed by atoms with E-state index in [-0.39, 0.29) is 0 Å². The fourth-order valence-corrected chi connectivity index (χ4v) is 7.49. The van der Waals surface area contributed by atoms with Crippen LogP contribution in [0.4, 0.5) is 0 Å². The Kier molecular flexibility index (Phi) is 4.73. The standard InChI is InChI=1S/C40H28N4O/c1-40(2)31-22-26(20-21-35(31)44-36-19-11-8-16-32(36)41-39(44)45-40)43-34-18-10-7-15-28(34)30-23-37-29(24-38(30)43)27-14-6-9-17-33(27)42(37)25-12-4-3-5-13-25/h3-24H,1-2H3. The second-order valence-corrected chi connectivity index (χ2v) is 12.5. The number of rotatable bonds is 2. The third kappa shape index (κ3) is 3.30. The molecule has 214 valence electrons. The van der Waals surface area contributed by atoms with E-state index in [2.05, 4.69) is 149 Å². The van der Waals surface area contributed by atoms with E-state index in [9.17, 15) is 0 Å². The van der Waals surface area contributed by atoms with Crippen LogP contribution >= 0.6 is 0 Å². The highest BCUT2D eigenvalue weighted by molar-refractivity contribution is 6.19. The maximum absolute atomic E-state index is 6.57. The van der Waals surface area contributed by atoms with Gasteiger partial charge in [-0.25, -0.2) is 0 Å². The summed E-state index contributed by atoms with van der Waals surface area (Å²) in [7, 11) is 0. The van der Waals surface area contributed by atoms with Crippen LogP contribution in [0.3, 0.4) is 0 Å². The van der Waals surface area contributed by atoms with E-state index >= 15 is 0 Å². The first kappa shape index (κ1) is 24.6. The van der Waals surface area contributed by atoms with Gasteiger partial charge < -0.3 is 13.9 Å². The van der Waals surface area contributed by atoms with E-state index in [1.165, 1.54) is 43.6 Å². The zero-order valence-electron chi connectivity index (χ0n) is 24.9. The van der Waals surface area contributed by atoms with Gasteiger partial charge in [-0.2, -0.15) is 4.98 Å². The Morgan fingerprint density at radius 3 is 1.76 bits per heavy atom. The summed E-state index contributed by atoms with van der Waals surface area (Å²) >= 11 is 0. The summed E-state index contributed by atoms with van der Waals surface area (Å²) < 4.78 is 13.5. The highest BCUT2D eigenvalue weighted by atomic mass is 16.5. The molecule has 0 spiro atoms. The van der Waals surface area contributed by atoms with Crippen LogP contribution in [0.1, 0.15) is 19.4 Å². The number of hydrogen-bond donors (Lipinski definition) is 0. The van der Waals surface area contributed by atoms with E-state index < -0.39 is 5.60 Å². The first-order valence-corrected chi connectivity index (χ1v) is 15.4. The minimum Gasteiger partial charge on any atom is -0.453 e. The van der Waals surface area contributed by atoms with Crippen LogP contribution in [-0.4, -0.2) is 18.7 Å². The predicted molar refractivity (Wildman–Crippen MR) is 183 cm³/mol. The largest absolute Gasteiger partial charge is 0.453 e. The molecule has 0 bridgehead atoms. The first-order chi connectivity index (χ1) is 22.1. The van der Waals surface area contributed by atoms with Gasteiger partial charge in [0.05, 0.1) is 38.8 Å². The molecule has 0 aliphatic carbocycles. The molecule has 6 aromatic carbocycles. The maximum Gasteiger partial charge on any atom is 0.303 e.